The molecule has 1 amide bonds. The van der Waals surface area contributed by atoms with Crippen LogP contribution in [0.4, 0.5) is 0 Å². The highest BCUT2D eigenvalue weighted by Crippen LogP contribution is 1.94. The molecular formula is C8H15NO3S. The Morgan fingerprint density at radius 3 is 2.54 bits per heavy atom. The van der Waals surface area contributed by atoms with Crippen molar-refractivity contribution in [3.05, 3.63) is 12.2 Å². The van der Waals surface area contributed by atoms with Gasteiger partial charge in [0.2, 0.25) is 5.91 Å². The minimum atomic E-state index is -3.10. The van der Waals surface area contributed by atoms with E-state index in [0.29, 0.717) is 0 Å². The van der Waals surface area contributed by atoms with Crippen LogP contribution in [0.2, 0.25) is 0 Å². The molecule has 0 rings (SSSR count). The zero-order chi connectivity index (χ0) is 10.3. The smallest absolute Gasteiger partial charge is 0.220 e. The van der Waals surface area contributed by atoms with Crippen molar-refractivity contribution in [3.63, 3.8) is 0 Å². The van der Waals surface area contributed by atoms with Crippen LogP contribution in [0.3, 0.4) is 0 Å². The van der Waals surface area contributed by atoms with Gasteiger partial charge in [0, 0.05) is 13.5 Å². The van der Waals surface area contributed by atoms with Crippen molar-refractivity contribution in [1.29, 1.82) is 0 Å². The normalized spacial score (nSPS) is 11.8. The van der Waals surface area contributed by atoms with Gasteiger partial charge >= 0.3 is 0 Å². The van der Waals surface area contributed by atoms with Crippen LogP contribution in [0.1, 0.15) is 13.3 Å². The van der Waals surface area contributed by atoms with Gasteiger partial charge in [0.25, 0.3) is 0 Å². The number of sulfone groups is 1. The molecule has 76 valence electrons. The third-order valence-corrected chi connectivity index (χ3v) is 3.03. The maximum Gasteiger partial charge on any atom is 0.220 e. The predicted molar refractivity (Wildman–Crippen MR) is 52.2 cm³/mol. The average molecular weight is 205 g/mol. The van der Waals surface area contributed by atoms with Gasteiger partial charge in [-0.2, -0.15) is 0 Å². The lowest BCUT2D eigenvalue weighted by Gasteiger charge is -2.00. The largest absolute Gasteiger partial charge is 0.359 e. The summed E-state index contributed by atoms with van der Waals surface area (Å²) in [6, 6.07) is 0. The van der Waals surface area contributed by atoms with E-state index < -0.39 is 9.84 Å². The topological polar surface area (TPSA) is 63.2 Å². The third-order valence-electron chi connectivity index (χ3n) is 1.50. The Hall–Kier alpha value is -0.840. The molecule has 0 aliphatic heterocycles. The quantitative estimate of drug-likeness (QED) is 0.648. The van der Waals surface area contributed by atoms with E-state index >= 15 is 0 Å². The highest BCUT2D eigenvalue weighted by Gasteiger charge is 2.10. The zero-order valence-corrected chi connectivity index (χ0v) is 8.73. The standard InChI is InChI=1S/C8H15NO3S/c1-3-4-6-13(11,12)7-5-8(10)9-2/h3-4H,5-7H2,1-2H3,(H,9,10). The predicted octanol–water partition coefficient (Wildman–Crippen LogP) is 0.113. The molecule has 1 N–H and O–H groups in total. The molecule has 0 aromatic heterocycles. The number of carbonyl (C=O) groups is 1. The highest BCUT2D eigenvalue weighted by atomic mass is 32.2. The molecule has 0 saturated heterocycles. The number of carbonyl (C=O) groups excluding carboxylic acids is 1. The van der Waals surface area contributed by atoms with E-state index in [-0.39, 0.29) is 23.8 Å². The second-order valence-corrected chi connectivity index (χ2v) is 4.84. The van der Waals surface area contributed by atoms with Gasteiger partial charge in [-0.1, -0.05) is 12.2 Å². The summed E-state index contributed by atoms with van der Waals surface area (Å²) in [5.74, 6) is -0.318. The summed E-state index contributed by atoms with van der Waals surface area (Å²) in [5, 5.41) is 2.37. The van der Waals surface area contributed by atoms with E-state index in [4.69, 9.17) is 0 Å². The Labute approximate surface area is 78.9 Å². The fraction of sp³-hybridized carbons (Fsp3) is 0.625. The molecule has 0 unspecified atom stereocenters. The first-order valence-corrected chi connectivity index (χ1v) is 5.86. The van der Waals surface area contributed by atoms with Gasteiger partial charge < -0.3 is 5.32 Å². The SMILES string of the molecule is CC=CCS(=O)(=O)CCC(=O)NC. The molecular weight excluding hydrogens is 190 g/mol. The molecule has 0 spiro atoms. The minimum absolute atomic E-state index is 0.0144. The van der Waals surface area contributed by atoms with Crippen molar-refractivity contribution in [2.45, 2.75) is 13.3 Å². The fourth-order valence-corrected chi connectivity index (χ4v) is 1.85. The third kappa shape index (κ3) is 6.33. The summed E-state index contributed by atoms with van der Waals surface area (Å²) < 4.78 is 22.4. The van der Waals surface area contributed by atoms with Gasteiger partial charge in [0.1, 0.15) is 0 Å². The average Bonchev–Trinajstić information content (AvgIpc) is 2.11. The summed E-state index contributed by atoms with van der Waals surface area (Å²) in [5.41, 5.74) is 0. The van der Waals surface area contributed by atoms with Crippen molar-refractivity contribution in [3.8, 4) is 0 Å². The van der Waals surface area contributed by atoms with Crippen LogP contribution < -0.4 is 5.32 Å². The monoisotopic (exact) mass is 205 g/mol. The van der Waals surface area contributed by atoms with Gasteiger partial charge in [0.15, 0.2) is 9.84 Å². The van der Waals surface area contributed by atoms with Gasteiger partial charge in [-0.15, -0.1) is 0 Å². The zero-order valence-electron chi connectivity index (χ0n) is 7.91. The second-order valence-electron chi connectivity index (χ2n) is 2.61. The fourth-order valence-electron chi connectivity index (χ4n) is 0.699. The molecule has 13 heavy (non-hydrogen) atoms. The summed E-state index contributed by atoms with van der Waals surface area (Å²) in [4.78, 5) is 10.7. The van der Waals surface area contributed by atoms with E-state index in [9.17, 15) is 13.2 Å². The van der Waals surface area contributed by atoms with E-state index in [1.807, 2.05) is 0 Å². The Morgan fingerprint density at radius 2 is 2.08 bits per heavy atom. The van der Waals surface area contributed by atoms with Crippen LogP contribution in [0.25, 0.3) is 0 Å². The maximum atomic E-state index is 11.2. The van der Waals surface area contributed by atoms with Crippen LogP contribution in [-0.4, -0.2) is 32.9 Å². The second kappa shape index (κ2) is 5.75. The Balaban J connectivity index is 3.97. The summed E-state index contributed by atoms with van der Waals surface area (Å²) in [7, 11) is -1.61. The highest BCUT2D eigenvalue weighted by molar-refractivity contribution is 7.91. The van der Waals surface area contributed by atoms with Gasteiger partial charge in [-0.3, -0.25) is 4.79 Å². The van der Waals surface area contributed by atoms with Crippen LogP contribution in [0.15, 0.2) is 12.2 Å². The number of hydrogen-bond acceptors (Lipinski definition) is 3. The van der Waals surface area contributed by atoms with Gasteiger partial charge in [0.05, 0.1) is 11.5 Å². The first-order chi connectivity index (χ1) is 6.02. The van der Waals surface area contributed by atoms with E-state index in [1.54, 1.807) is 19.1 Å². The molecule has 0 aromatic carbocycles. The molecule has 0 radical (unpaired) electrons. The molecule has 0 aliphatic carbocycles. The number of rotatable bonds is 5. The number of amides is 1. The molecule has 0 heterocycles. The van der Waals surface area contributed by atoms with Gasteiger partial charge in [-0.05, 0) is 6.92 Å². The number of hydrogen-bond donors (Lipinski definition) is 1. The molecule has 0 aromatic rings. The molecule has 0 fully saturated rings. The molecule has 0 saturated carbocycles. The molecule has 0 aliphatic rings. The van der Waals surface area contributed by atoms with Gasteiger partial charge in [-0.25, -0.2) is 8.42 Å². The summed E-state index contributed by atoms with van der Waals surface area (Å²) in [6.07, 6.45) is 3.28. The Morgan fingerprint density at radius 1 is 1.46 bits per heavy atom. The minimum Gasteiger partial charge on any atom is -0.359 e. The van der Waals surface area contributed by atoms with E-state index in [1.165, 1.54) is 7.05 Å². The van der Waals surface area contributed by atoms with Crippen LogP contribution in [0, 0.1) is 0 Å². The van der Waals surface area contributed by atoms with Crippen molar-refractivity contribution in [1.82, 2.24) is 5.32 Å². The van der Waals surface area contributed by atoms with Crippen molar-refractivity contribution in [2.75, 3.05) is 18.6 Å². The van der Waals surface area contributed by atoms with Crippen LogP contribution >= 0.6 is 0 Å². The van der Waals surface area contributed by atoms with Crippen LogP contribution in [-0.2, 0) is 14.6 Å². The molecule has 0 bridgehead atoms. The van der Waals surface area contributed by atoms with Crippen molar-refractivity contribution in [2.24, 2.45) is 0 Å². The lowest BCUT2D eigenvalue weighted by Crippen LogP contribution is -2.22. The molecule has 5 heteroatoms. The van der Waals surface area contributed by atoms with E-state index in [2.05, 4.69) is 5.32 Å². The van der Waals surface area contributed by atoms with Crippen LogP contribution in [0.5, 0.6) is 0 Å². The number of allylic oxidation sites excluding steroid dienone is 1. The molecule has 4 nitrogen and oxygen atoms in total. The summed E-state index contributed by atoms with van der Waals surface area (Å²) >= 11 is 0. The maximum absolute atomic E-state index is 11.2. The lowest BCUT2D eigenvalue weighted by molar-refractivity contribution is -0.120. The van der Waals surface area contributed by atoms with E-state index in [0.717, 1.165) is 0 Å². The van der Waals surface area contributed by atoms with Crippen molar-refractivity contribution >= 4 is 15.7 Å². The lowest BCUT2D eigenvalue weighted by atomic mass is 10.5. The Kier molecular flexibility index (Phi) is 5.37. The summed E-state index contributed by atoms with van der Waals surface area (Å²) in [6.45, 7) is 1.76. The number of nitrogens with one attached hydrogen (secondary N) is 1. The first kappa shape index (κ1) is 12.2. The Bertz CT molecular complexity index is 280. The van der Waals surface area contributed by atoms with Crippen molar-refractivity contribution < 1.29 is 13.2 Å². The first-order valence-electron chi connectivity index (χ1n) is 4.04. The molecule has 0 atom stereocenters.